The molecule has 110 valence electrons. The van der Waals surface area contributed by atoms with E-state index in [4.69, 9.17) is 0 Å². The molecule has 0 saturated carbocycles. The first-order valence-electron chi connectivity index (χ1n) is 6.75. The first-order valence-corrected chi connectivity index (χ1v) is 6.75. The molecule has 6 heteroatoms. The fourth-order valence-corrected chi connectivity index (χ4v) is 1.76. The van der Waals surface area contributed by atoms with E-state index in [-0.39, 0.29) is 5.69 Å². The van der Waals surface area contributed by atoms with Crippen LogP contribution in [-0.4, -0.2) is 22.4 Å². The molecule has 2 aromatic rings. The second-order valence-electron chi connectivity index (χ2n) is 4.61. The standard InChI is InChI=1S/C15H17FN4O/c1-3-7-17-15-18-10(2)8-13(20-15)14(21)19-12-6-4-5-11(16)9-12/h4-6,8-9H,3,7H2,1-2H3,(H,19,21)(H,17,18,20). The molecule has 0 saturated heterocycles. The van der Waals surface area contributed by atoms with Crippen LogP contribution in [0.4, 0.5) is 16.0 Å². The number of hydrogen-bond donors (Lipinski definition) is 2. The van der Waals surface area contributed by atoms with Crippen LogP contribution in [0.1, 0.15) is 29.5 Å². The largest absolute Gasteiger partial charge is 0.354 e. The van der Waals surface area contributed by atoms with Crippen LogP contribution in [-0.2, 0) is 0 Å². The minimum Gasteiger partial charge on any atom is -0.354 e. The summed E-state index contributed by atoms with van der Waals surface area (Å²) in [4.78, 5) is 20.5. The fraction of sp³-hybridized carbons (Fsp3) is 0.267. The van der Waals surface area contributed by atoms with Crippen molar-refractivity contribution < 1.29 is 9.18 Å². The first-order chi connectivity index (χ1) is 10.1. The van der Waals surface area contributed by atoms with Gasteiger partial charge in [-0.25, -0.2) is 14.4 Å². The Kier molecular flexibility index (Phi) is 4.81. The summed E-state index contributed by atoms with van der Waals surface area (Å²) in [5.41, 5.74) is 1.32. The third-order valence-electron chi connectivity index (χ3n) is 2.70. The van der Waals surface area contributed by atoms with Gasteiger partial charge in [-0.15, -0.1) is 0 Å². The number of amides is 1. The van der Waals surface area contributed by atoms with Crippen molar-refractivity contribution in [1.82, 2.24) is 9.97 Å². The molecule has 0 aliphatic heterocycles. The van der Waals surface area contributed by atoms with Crippen molar-refractivity contribution in [2.24, 2.45) is 0 Å². The molecule has 1 aromatic carbocycles. The predicted octanol–water partition coefficient (Wildman–Crippen LogP) is 3.00. The molecule has 21 heavy (non-hydrogen) atoms. The quantitative estimate of drug-likeness (QED) is 0.887. The van der Waals surface area contributed by atoms with Crippen molar-refractivity contribution in [2.75, 3.05) is 17.2 Å². The van der Waals surface area contributed by atoms with E-state index in [2.05, 4.69) is 20.6 Å². The summed E-state index contributed by atoms with van der Waals surface area (Å²) in [7, 11) is 0. The van der Waals surface area contributed by atoms with Gasteiger partial charge < -0.3 is 10.6 Å². The van der Waals surface area contributed by atoms with Crippen molar-refractivity contribution in [3.63, 3.8) is 0 Å². The summed E-state index contributed by atoms with van der Waals surface area (Å²) >= 11 is 0. The van der Waals surface area contributed by atoms with E-state index in [1.165, 1.54) is 18.2 Å². The van der Waals surface area contributed by atoms with Gasteiger partial charge in [-0.2, -0.15) is 0 Å². The number of nitrogens with one attached hydrogen (secondary N) is 2. The second-order valence-corrected chi connectivity index (χ2v) is 4.61. The van der Waals surface area contributed by atoms with Crippen molar-refractivity contribution in [3.05, 3.63) is 47.5 Å². The Balaban J connectivity index is 2.16. The number of rotatable bonds is 5. The molecular formula is C15H17FN4O. The number of carbonyl (C=O) groups is 1. The minimum absolute atomic E-state index is 0.241. The van der Waals surface area contributed by atoms with Gasteiger partial charge in [0.1, 0.15) is 11.5 Å². The van der Waals surface area contributed by atoms with E-state index in [1.807, 2.05) is 6.92 Å². The number of aryl methyl sites for hydroxylation is 1. The smallest absolute Gasteiger partial charge is 0.274 e. The SMILES string of the molecule is CCCNc1nc(C)cc(C(=O)Nc2cccc(F)c2)n1. The maximum absolute atomic E-state index is 13.1. The lowest BCUT2D eigenvalue weighted by Crippen LogP contribution is -2.16. The predicted molar refractivity (Wildman–Crippen MR) is 79.9 cm³/mol. The van der Waals surface area contributed by atoms with Crippen LogP contribution in [0.5, 0.6) is 0 Å². The lowest BCUT2D eigenvalue weighted by Gasteiger charge is -2.08. The number of carbonyl (C=O) groups excluding carboxylic acids is 1. The highest BCUT2D eigenvalue weighted by atomic mass is 19.1. The van der Waals surface area contributed by atoms with Gasteiger partial charge in [0.2, 0.25) is 5.95 Å². The van der Waals surface area contributed by atoms with E-state index in [0.29, 0.717) is 17.3 Å². The molecule has 0 radical (unpaired) electrons. The number of nitrogens with zero attached hydrogens (tertiary/aromatic N) is 2. The van der Waals surface area contributed by atoms with Gasteiger partial charge in [-0.1, -0.05) is 13.0 Å². The molecule has 0 bridgehead atoms. The zero-order valence-corrected chi connectivity index (χ0v) is 12.0. The van der Waals surface area contributed by atoms with Crippen LogP contribution < -0.4 is 10.6 Å². The number of hydrogen-bond acceptors (Lipinski definition) is 4. The Morgan fingerprint density at radius 3 is 2.81 bits per heavy atom. The lowest BCUT2D eigenvalue weighted by molar-refractivity contribution is 0.102. The molecule has 0 aliphatic carbocycles. The van der Waals surface area contributed by atoms with Crippen molar-refractivity contribution >= 4 is 17.5 Å². The molecule has 0 unspecified atom stereocenters. The summed E-state index contributed by atoms with van der Waals surface area (Å²) in [6.07, 6.45) is 0.933. The van der Waals surface area contributed by atoms with E-state index < -0.39 is 11.7 Å². The second kappa shape index (κ2) is 6.78. The molecule has 0 fully saturated rings. The summed E-state index contributed by atoms with van der Waals surface area (Å²) in [6, 6.07) is 7.31. The number of anilines is 2. The monoisotopic (exact) mass is 288 g/mol. The Bertz CT molecular complexity index is 645. The van der Waals surface area contributed by atoms with Crippen LogP contribution in [0.2, 0.25) is 0 Å². The highest BCUT2D eigenvalue weighted by molar-refractivity contribution is 6.03. The van der Waals surface area contributed by atoms with Crippen LogP contribution in [0, 0.1) is 12.7 Å². The summed E-state index contributed by atoms with van der Waals surface area (Å²) < 4.78 is 13.1. The zero-order chi connectivity index (χ0) is 15.2. The third kappa shape index (κ3) is 4.24. The molecule has 1 heterocycles. The van der Waals surface area contributed by atoms with E-state index in [0.717, 1.165) is 13.0 Å². The third-order valence-corrected chi connectivity index (χ3v) is 2.70. The minimum atomic E-state index is -0.406. The Morgan fingerprint density at radius 1 is 1.29 bits per heavy atom. The molecule has 5 nitrogen and oxygen atoms in total. The van der Waals surface area contributed by atoms with Crippen LogP contribution in [0.15, 0.2) is 30.3 Å². The van der Waals surface area contributed by atoms with E-state index in [1.54, 1.807) is 19.1 Å². The van der Waals surface area contributed by atoms with Gasteiger partial charge in [0.25, 0.3) is 5.91 Å². The molecule has 2 N–H and O–H groups in total. The molecule has 1 aromatic heterocycles. The van der Waals surface area contributed by atoms with E-state index in [9.17, 15) is 9.18 Å². The van der Waals surface area contributed by atoms with Gasteiger partial charge in [0.15, 0.2) is 0 Å². The van der Waals surface area contributed by atoms with Crippen molar-refractivity contribution in [2.45, 2.75) is 20.3 Å². The van der Waals surface area contributed by atoms with Gasteiger partial charge in [-0.05, 0) is 37.6 Å². The normalized spacial score (nSPS) is 10.2. The van der Waals surface area contributed by atoms with Crippen molar-refractivity contribution in [3.8, 4) is 0 Å². The number of aromatic nitrogens is 2. The fourth-order valence-electron chi connectivity index (χ4n) is 1.76. The maximum atomic E-state index is 13.1. The molecule has 0 atom stereocenters. The number of halogens is 1. The summed E-state index contributed by atoms with van der Waals surface area (Å²) in [5, 5.41) is 5.65. The van der Waals surface area contributed by atoms with Crippen LogP contribution in [0.3, 0.4) is 0 Å². The van der Waals surface area contributed by atoms with Crippen LogP contribution >= 0.6 is 0 Å². The van der Waals surface area contributed by atoms with Gasteiger partial charge in [0, 0.05) is 17.9 Å². The average Bonchev–Trinajstić information content (AvgIpc) is 2.44. The Hall–Kier alpha value is -2.50. The topological polar surface area (TPSA) is 66.9 Å². The zero-order valence-electron chi connectivity index (χ0n) is 12.0. The molecule has 0 aliphatic rings. The van der Waals surface area contributed by atoms with Gasteiger partial charge in [-0.3, -0.25) is 4.79 Å². The average molecular weight is 288 g/mol. The van der Waals surface area contributed by atoms with Gasteiger partial charge in [0.05, 0.1) is 0 Å². The van der Waals surface area contributed by atoms with Gasteiger partial charge >= 0.3 is 0 Å². The number of benzene rings is 1. The van der Waals surface area contributed by atoms with Crippen LogP contribution in [0.25, 0.3) is 0 Å². The maximum Gasteiger partial charge on any atom is 0.274 e. The molecular weight excluding hydrogens is 271 g/mol. The summed E-state index contributed by atoms with van der Waals surface area (Å²) in [5.74, 6) is -0.385. The summed E-state index contributed by atoms with van der Waals surface area (Å²) in [6.45, 7) is 4.55. The molecule has 0 spiro atoms. The Labute approximate surface area is 122 Å². The molecule has 1 amide bonds. The first kappa shape index (κ1) is 14.9. The highest BCUT2D eigenvalue weighted by Gasteiger charge is 2.11. The Morgan fingerprint density at radius 2 is 2.10 bits per heavy atom. The highest BCUT2D eigenvalue weighted by Crippen LogP contribution is 2.12. The van der Waals surface area contributed by atoms with Crippen molar-refractivity contribution in [1.29, 1.82) is 0 Å². The molecule has 2 rings (SSSR count). The van der Waals surface area contributed by atoms with E-state index >= 15 is 0 Å². The lowest BCUT2D eigenvalue weighted by atomic mass is 10.2.